The SMILES string of the molecule is CCCCNC(=O)N1CCc2ccc(Oc3ccc(C(F)(F)CC)cc3)cc2C1. The smallest absolute Gasteiger partial charge is 0.317 e. The molecule has 2 amide bonds. The fourth-order valence-electron chi connectivity index (χ4n) is 3.36. The molecule has 0 unspecified atom stereocenters. The van der Waals surface area contributed by atoms with Crippen molar-refractivity contribution in [2.75, 3.05) is 13.1 Å². The Hall–Kier alpha value is -2.63. The Morgan fingerprint density at radius 3 is 2.52 bits per heavy atom. The van der Waals surface area contributed by atoms with Crippen LogP contribution in [-0.4, -0.2) is 24.0 Å². The van der Waals surface area contributed by atoms with Crippen LogP contribution in [0.1, 0.15) is 49.8 Å². The molecule has 0 saturated carbocycles. The molecule has 2 aromatic rings. The van der Waals surface area contributed by atoms with Gasteiger partial charge in [0.25, 0.3) is 5.92 Å². The van der Waals surface area contributed by atoms with E-state index < -0.39 is 5.92 Å². The Kier molecular flexibility index (Phi) is 6.72. The van der Waals surface area contributed by atoms with Crippen molar-refractivity contribution in [3.05, 3.63) is 59.2 Å². The standard InChI is InChI=1S/C23H28F2N2O2/c1-3-5-13-26-22(28)27-14-12-17-6-9-21(15-18(17)16-27)29-20-10-7-19(8-11-20)23(24,25)4-2/h6-11,15H,3-5,12-14,16H2,1-2H3,(H,26,28). The summed E-state index contributed by atoms with van der Waals surface area (Å²) in [6, 6.07) is 11.7. The van der Waals surface area contributed by atoms with E-state index in [4.69, 9.17) is 4.74 Å². The summed E-state index contributed by atoms with van der Waals surface area (Å²) < 4.78 is 33.4. The van der Waals surface area contributed by atoms with Gasteiger partial charge in [-0.15, -0.1) is 0 Å². The van der Waals surface area contributed by atoms with Crippen LogP contribution in [0, 0.1) is 0 Å². The Balaban J connectivity index is 1.66. The van der Waals surface area contributed by atoms with Gasteiger partial charge in [-0.3, -0.25) is 0 Å². The quantitative estimate of drug-likeness (QED) is 0.591. The molecule has 29 heavy (non-hydrogen) atoms. The molecule has 1 heterocycles. The van der Waals surface area contributed by atoms with Crippen molar-refractivity contribution in [2.24, 2.45) is 0 Å². The van der Waals surface area contributed by atoms with Gasteiger partial charge in [-0.05, 0) is 60.4 Å². The maximum Gasteiger partial charge on any atom is 0.317 e. The van der Waals surface area contributed by atoms with Gasteiger partial charge in [0.05, 0.1) is 0 Å². The third kappa shape index (κ3) is 5.25. The highest BCUT2D eigenvalue weighted by atomic mass is 19.3. The number of halogens is 2. The molecular formula is C23H28F2N2O2. The van der Waals surface area contributed by atoms with Crippen molar-refractivity contribution in [1.82, 2.24) is 10.2 Å². The topological polar surface area (TPSA) is 41.6 Å². The zero-order chi connectivity index (χ0) is 20.9. The van der Waals surface area contributed by atoms with Crippen LogP contribution in [0.25, 0.3) is 0 Å². The predicted molar refractivity (Wildman–Crippen MR) is 110 cm³/mol. The number of nitrogens with zero attached hydrogens (tertiary/aromatic N) is 1. The van der Waals surface area contributed by atoms with Gasteiger partial charge < -0.3 is 15.0 Å². The first-order chi connectivity index (χ1) is 13.9. The van der Waals surface area contributed by atoms with Crippen molar-refractivity contribution in [2.45, 2.75) is 52.0 Å². The zero-order valence-corrected chi connectivity index (χ0v) is 17.0. The van der Waals surface area contributed by atoms with Gasteiger partial charge in [0, 0.05) is 31.6 Å². The maximum atomic E-state index is 13.8. The molecule has 1 aliphatic heterocycles. The van der Waals surface area contributed by atoms with E-state index >= 15 is 0 Å². The molecule has 0 aliphatic carbocycles. The highest BCUT2D eigenvalue weighted by Crippen LogP contribution is 2.33. The molecule has 0 bridgehead atoms. The fraction of sp³-hybridized carbons (Fsp3) is 0.435. The van der Waals surface area contributed by atoms with Crippen LogP contribution in [0.3, 0.4) is 0 Å². The number of nitrogens with one attached hydrogen (secondary N) is 1. The van der Waals surface area contributed by atoms with Crippen molar-refractivity contribution in [3.8, 4) is 11.5 Å². The van der Waals surface area contributed by atoms with E-state index in [-0.39, 0.29) is 18.0 Å². The fourth-order valence-corrected chi connectivity index (χ4v) is 3.36. The maximum absolute atomic E-state index is 13.8. The lowest BCUT2D eigenvalue weighted by Crippen LogP contribution is -2.43. The van der Waals surface area contributed by atoms with Gasteiger partial charge in [-0.2, -0.15) is 0 Å². The van der Waals surface area contributed by atoms with Gasteiger partial charge in [0.1, 0.15) is 11.5 Å². The van der Waals surface area contributed by atoms with E-state index in [9.17, 15) is 13.6 Å². The number of ether oxygens (including phenoxy) is 1. The van der Waals surface area contributed by atoms with Crippen LogP contribution in [0.2, 0.25) is 0 Å². The summed E-state index contributed by atoms with van der Waals surface area (Å²) in [5.74, 6) is -1.69. The second kappa shape index (κ2) is 9.25. The molecular weight excluding hydrogens is 374 g/mol. The number of benzene rings is 2. The molecule has 6 heteroatoms. The van der Waals surface area contributed by atoms with Gasteiger partial charge in [-0.1, -0.05) is 26.3 Å². The number of rotatable bonds is 7. The predicted octanol–water partition coefficient (Wildman–Crippen LogP) is 5.85. The minimum Gasteiger partial charge on any atom is -0.457 e. The number of alkyl halides is 2. The van der Waals surface area contributed by atoms with Crippen molar-refractivity contribution >= 4 is 6.03 Å². The molecule has 0 atom stereocenters. The molecule has 0 spiro atoms. The monoisotopic (exact) mass is 402 g/mol. The van der Waals surface area contributed by atoms with Crippen LogP contribution < -0.4 is 10.1 Å². The van der Waals surface area contributed by atoms with Crippen molar-refractivity contribution in [1.29, 1.82) is 0 Å². The number of carbonyl (C=O) groups excluding carboxylic acids is 1. The summed E-state index contributed by atoms with van der Waals surface area (Å²) in [4.78, 5) is 14.1. The van der Waals surface area contributed by atoms with Crippen LogP contribution >= 0.6 is 0 Å². The molecule has 2 aromatic carbocycles. The van der Waals surface area contributed by atoms with Crippen LogP contribution in [0.4, 0.5) is 13.6 Å². The van der Waals surface area contributed by atoms with Crippen molar-refractivity contribution in [3.63, 3.8) is 0 Å². The first-order valence-electron chi connectivity index (χ1n) is 10.2. The molecule has 1 aliphatic rings. The summed E-state index contributed by atoms with van der Waals surface area (Å²) in [5, 5.41) is 2.96. The summed E-state index contributed by atoms with van der Waals surface area (Å²) in [6.45, 7) is 5.47. The van der Waals surface area contributed by atoms with E-state index in [0.717, 1.165) is 24.8 Å². The second-order valence-electron chi connectivity index (χ2n) is 7.37. The molecule has 0 saturated heterocycles. The summed E-state index contributed by atoms with van der Waals surface area (Å²) in [7, 11) is 0. The Labute approximate surface area is 170 Å². The zero-order valence-electron chi connectivity index (χ0n) is 17.0. The van der Waals surface area contributed by atoms with E-state index in [1.807, 2.05) is 23.1 Å². The molecule has 0 aromatic heterocycles. The Morgan fingerprint density at radius 1 is 1.10 bits per heavy atom. The number of fused-ring (bicyclic) bond motifs is 1. The number of hydrogen-bond donors (Lipinski definition) is 1. The molecule has 156 valence electrons. The lowest BCUT2D eigenvalue weighted by molar-refractivity contribution is -0.00830. The highest BCUT2D eigenvalue weighted by molar-refractivity contribution is 5.74. The lowest BCUT2D eigenvalue weighted by atomic mass is 9.99. The number of hydrogen-bond acceptors (Lipinski definition) is 2. The van der Waals surface area contributed by atoms with Gasteiger partial charge in [-0.25, -0.2) is 13.6 Å². The van der Waals surface area contributed by atoms with Crippen LogP contribution in [0.5, 0.6) is 11.5 Å². The number of unbranched alkanes of at least 4 members (excludes halogenated alkanes) is 1. The molecule has 0 radical (unpaired) electrons. The van der Waals surface area contributed by atoms with Gasteiger partial charge in [0.15, 0.2) is 0 Å². The van der Waals surface area contributed by atoms with Gasteiger partial charge >= 0.3 is 6.03 Å². The average Bonchev–Trinajstić information content (AvgIpc) is 2.73. The Morgan fingerprint density at radius 2 is 1.83 bits per heavy atom. The third-order valence-electron chi connectivity index (χ3n) is 5.24. The summed E-state index contributed by atoms with van der Waals surface area (Å²) in [5.41, 5.74) is 2.24. The number of amides is 2. The molecule has 4 nitrogen and oxygen atoms in total. The molecule has 3 rings (SSSR count). The highest BCUT2D eigenvalue weighted by Gasteiger charge is 2.28. The van der Waals surface area contributed by atoms with Gasteiger partial charge in [0.2, 0.25) is 0 Å². The van der Waals surface area contributed by atoms with Crippen LogP contribution in [0.15, 0.2) is 42.5 Å². The Bertz CT molecular complexity index is 837. The lowest BCUT2D eigenvalue weighted by Gasteiger charge is -2.29. The third-order valence-corrected chi connectivity index (χ3v) is 5.24. The minimum absolute atomic E-state index is 0.0116. The van der Waals surface area contributed by atoms with Crippen molar-refractivity contribution < 1.29 is 18.3 Å². The second-order valence-corrected chi connectivity index (χ2v) is 7.37. The summed E-state index contributed by atoms with van der Waals surface area (Å²) >= 11 is 0. The van der Waals surface area contributed by atoms with E-state index in [1.165, 1.54) is 24.6 Å². The van der Waals surface area contributed by atoms with E-state index in [1.54, 1.807) is 12.1 Å². The minimum atomic E-state index is -2.83. The number of carbonyl (C=O) groups is 1. The summed E-state index contributed by atoms with van der Waals surface area (Å²) in [6.07, 6.45) is 2.58. The van der Waals surface area contributed by atoms with Crippen LogP contribution in [-0.2, 0) is 18.9 Å². The first-order valence-corrected chi connectivity index (χ1v) is 10.2. The van der Waals surface area contributed by atoms with E-state index in [2.05, 4.69) is 12.2 Å². The number of urea groups is 1. The molecule has 1 N–H and O–H groups in total. The molecule has 0 fully saturated rings. The van der Waals surface area contributed by atoms with E-state index in [0.29, 0.717) is 31.1 Å². The first kappa shape index (κ1) is 21.1. The normalized spacial score (nSPS) is 13.7. The average molecular weight is 402 g/mol. The largest absolute Gasteiger partial charge is 0.457 e.